The maximum atomic E-state index is 11.6. The Bertz CT molecular complexity index is 434. The van der Waals surface area contributed by atoms with Gasteiger partial charge in [-0.05, 0) is 44.6 Å². The largest absolute Gasteiger partial charge is 0.442 e. The summed E-state index contributed by atoms with van der Waals surface area (Å²) in [6.07, 6.45) is 20.3. The molecule has 0 amide bonds. The lowest BCUT2D eigenvalue weighted by Gasteiger charge is -2.10. The molecule has 3 heteroatoms. The fourth-order valence-electron chi connectivity index (χ4n) is 2.77. The normalized spacial score (nSPS) is 12.0. The molecule has 1 unspecified atom stereocenters. The second-order valence-corrected chi connectivity index (χ2v) is 7.18. The highest BCUT2D eigenvalue weighted by Crippen LogP contribution is 2.12. The monoisotopic (exact) mass is 361 g/mol. The van der Waals surface area contributed by atoms with Crippen molar-refractivity contribution in [1.82, 2.24) is 0 Å². The van der Waals surface area contributed by atoms with Crippen molar-refractivity contribution in [3.63, 3.8) is 0 Å². The van der Waals surface area contributed by atoms with E-state index < -0.39 is 6.10 Å². The molecular formula is C23H39NO2. The van der Waals surface area contributed by atoms with Gasteiger partial charge in [0.05, 0.1) is 0 Å². The van der Waals surface area contributed by atoms with Gasteiger partial charge >= 0.3 is 5.97 Å². The molecular weight excluding hydrogens is 322 g/mol. The van der Waals surface area contributed by atoms with Crippen LogP contribution in [0.15, 0.2) is 24.3 Å². The first kappa shape index (κ1) is 24.4. The van der Waals surface area contributed by atoms with E-state index >= 15 is 0 Å². The van der Waals surface area contributed by atoms with Crippen molar-refractivity contribution in [1.29, 1.82) is 5.26 Å². The molecule has 148 valence electrons. The van der Waals surface area contributed by atoms with E-state index in [1.165, 1.54) is 70.6 Å². The van der Waals surface area contributed by atoms with Crippen LogP contribution in [0.25, 0.3) is 0 Å². The van der Waals surface area contributed by atoms with Gasteiger partial charge in [0.15, 0.2) is 0 Å². The maximum absolute atomic E-state index is 11.6. The molecule has 0 aromatic carbocycles. The van der Waals surface area contributed by atoms with Gasteiger partial charge in [-0.25, -0.2) is 0 Å². The number of unbranched alkanes of at least 4 members (excludes halogenated alkanes) is 11. The zero-order valence-electron chi connectivity index (χ0n) is 17.1. The predicted octanol–water partition coefficient (Wildman–Crippen LogP) is 7.04. The van der Waals surface area contributed by atoms with Crippen LogP contribution in [0, 0.1) is 11.3 Å². The lowest BCUT2D eigenvalue weighted by Crippen LogP contribution is -2.16. The molecule has 0 bridgehead atoms. The number of nitrogens with zero attached hydrogens (tertiary/aromatic N) is 1. The Kier molecular flexibility index (Phi) is 17.1. The molecule has 3 nitrogen and oxygen atoms in total. The van der Waals surface area contributed by atoms with Gasteiger partial charge in [-0.15, -0.1) is 0 Å². The molecule has 0 heterocycles. The zero-order valence-corrected chi connectivity index (χ0v) is 17.1. The van der Waals surface area contributed by atoms with Crippen LogP contribution in [-0.4, -0.2) is 12.1 Å². The van der Waals surface area contributed by atoms with Crippen molar-refractivity contribution >= 4 is 5.97 Å². The smallest absolute Gasteiger partial charge is 0.307 e. The predicted molar refractivity (Wildman–Crippen MR) is 110 cm³/mol. The molecule has 0 aromatic heterocycles. The van der Waals surface area contributed by atoms with Crippen LogP contribution in [0.4, 0.5) is 0 Å². The average molecular weight is 362 g/mol. The average Bonchev–Trinajstić information content (AvgIpc) is 2.62. The maximum Gasteiger partial charge on any atom is 0.307 e. The molecule has 0 aliphatic heterocycles. The Balaban J connectivity index is 3.36. The highest BCUT2D eigenvalue weighted by Gasteiger charge is 2.13. The minimum absolute atomic E-state index is 0.291. The van der Waals surface area contributed by atoms with Gasteiger partial charge < -0.3 is 4.74 Å². The van der Waals surface area contributed by atoms with Gasteiger partial charge in [0.1, 0.15) is 6.07 Å². The summed E-state index contributed by atoms with van der Waals surface area (Å²) in [6.45, 7) is 7.60. The van der Waals surface area contributed by atoms with Gasteiger partial charge in [0.25, 0.3) is 0 Å². The van der Waals surface area contributed by atoms with Crippen molar-refractivity contribution in [2.45, 2.75) is 110 Å². The highest BCUT2D eigenvalue weighted by molar-refractivity contribution is 5.70. The number of nitriles is 1. The Morgan fingerprint density at radius 2 is 1.46 bits per heavy atom. The summed E-state index contributed by atoms with van der Waals surface area (Å²) in [6, 6.07) is 1.94. The molecule has 1 atom stereocenters. The number of rotatable bonds is 17. The van der Waals surface area contributed by atoms with Crippen LogP contribution in [0.5, 0.6) is 0 Å². The summed E-state index contributed by atoms with van der Waals surface area (Å²) in [5, 5.41) is 8.86. The third kappa shape index (κ3) is 15.9. The minimum atomic E-state index is -0.798. The molecule has 0 aliphatic rings. The van der Waals surface area contributed by atoms with Gasteiger partial charge in [-0.1, -0.05) is 77.0 Å². The Labute approximate surface area is 161 Å². The first-order valence-corrected chi connectivity index (χ1v) is 10.5. The zero-order chi connectivity index (χ0) is 19.5. The molecule has 0 aliphatic carbocycles. The van der Waals surface area contributed by atoms with Crippen LogP contribution in [0.3, 0.4) is 0 Å². The second kappa shape index (κ2) is 18.2. The van der Waals surface area contributed by atoms with E-state index in [-0.39, 0.29) is 5.97 Å². The Hall–Kier alpha value is -1.56. The van der Waals surface area contributed by atoms with Gasteiger partial charge in [-0.2, -0.15) is 5.26 Å². The molecule has 0 aromatic rings. The van der Waals surface area contributed by atoms with Crippen molar-refractivity contribution in [2.24, 2.45) is 0 Å². The summed E-state index contributed by atoms with van der Waals surface area (Å²) >= 11 is 0. The van der Waals surface area contributed by atoms with Crippen LogP contribution in [0.2, 0.25) is 0 Å². The Morgan fingerprint density at radius 3 is 1.96 bits per heavy atom. The topological polar surface area (TPSA) is 50.1 Å². The number of esters is 1. The third-order valence-electron chi connectivity index (χ3n) is 4.46. The van der Waals surface area contributed by atoms with E-state index in [1.54, 1.807) is 6.92 Å². The SMILES string of the molecule is C=C(C)C(C#N)OC(=O)CCCCCCCCC/C=C\CCCCCC. The second-order valence-electron chi connectivity index (χ2n) is 7.18. The lowest BCUT2D eigenvalue weighted by atomic mass is 10.1. The van der Waals surface area contributed by atoms with E-state index in [0.29, 0.717) is 12.0 Å². The van der Waals surface area contributed by atoms with Crippen molar-refractivity contribution in [2.75, 3.05) is 0 Å². The number of hydrogen-bond donors (Lipinski definition) is 0. The van der Waals surface area contributed by atoms with Crippen molar-refractivity contribution < 1.29 is 9.53 Å². The summed E-state index contributed by atoms with van der Waals surface area (Å²) in [5.41, 5.74) is 0.576. The fourth-order valence-corrected chi connectivity index (χ4v) is 2.77. The van der Waals surface area contributed by atoms with E-state index in [2.05, 4.69) is 25.7 Å². The first-order chi connectivity index (χ1) is 12.6. The molecule has 0 spiro atoms. The summed E-state index contributed by atoms with van der Waals surface area (Å²) in [4.78, 5) is 11.6. The van der Waals surface area contributed by atoms with E-state index in [1.807, 2.05) is 6.07 Å². The summed E-state index contributed by atoms with van der Waals surface area (Å²) < 4.78 is 5.07. The van der Waals surface area contributed by atoms with Crippen molar-refractivity contribution in [3.05, 3.63) is 24.3 Å². The van der Waals surface area contributed by atoms with Gasteiger partial charge in [0.2, 0.25) is 6.10 Å². The molecule has 0 radical (unpaired) electrons. The standard InChI is InChI=1S/C23H39NO2/c1-4-5-6-7-8-9-10-11-12-13-14-15-16-17-18-19-23(25)26-22(20-24)21(2)3/h9-10,22H,2,4-8,11-19H2,1,3H3/b10-9-. The first-order valence-electron chi connectivity index (χ1n) is 10.5. The quantitative estimate of drug-likeness (QED) is 0.159. The third-order valence-corrected chi connectivity index (χ3v) is 4.46. The number of hydrogen-bond acceptors (Lipinski definition) is 3. The molecule has 0 saturated heterocycles. The molecule has 0 fully saturated rings. The number of carbonyl (C=O) groups excluding carboxylic acids is 1. The summed E-state index contributed by atoms with van der Waals surface area (Å²) in [7, 11) is 0. The fraction of sp³-hybridized carbons (Fsp3) is 0.739. The number of ether oxygens (including phenoxy) is 1. The summed E-state index contributed by atoms with van der Waals surface area (Å²) in [5.74, 6) is -0.291. The lowest BCUT2D eigenvalue weighted by molar-refractivity contribution is -0.145. The highest BCUT2D eigenvalue weighted by atomic mass is 16.5. The number of allylic oxidation sites excluding steroid dienone is 2. The van der Waals surface area contributed by atoms with E-state index in [0.717, 1.165) is 12.8 Å². The minimum Gasteiger partial charge on any atom is -0.442 e. The van der Waals surface area contributed by atoms with Crippen LogP contribution in [0.1, 0.15) is 104 Å². The van der Waals surface area contributed by atoms with E-state index in [9.17, 15) is 4.79 Å². The molecule has 0 saturated carbocycles. The molecule has 0 rings (SSSR count). The van der Waals surface area contributed by atoms with E-state index in [4.69, 9.17) is 10.00 Å². The van der Waals surface area contributed by atoms with Crippen LogP contribution < -0.4 is 0 Å². The van der Waals surface area contributed by atoms with Crippen LogP contribution in [-0.2, 0) is 9.53 Å². The van der Waals surface area contributed by atoms with Crippen molar-refractivity contribution in [3.8, 4) is 6.07 Å². The van der Waals surface area contributed by atoms with Gasteiger partial charge in [0, 0.05) is 6.42 Å². The van der Waals surface area contributed by atoms with Gasteiger partial charge in [-0.3, -0.25) is 4.79 Å². The van der Waals surface area contributed by atoms with Crippen LogP contribution >= 0.6 is 0 Å². The molecule has 26 heavy (non-hydrogen) atoms. The Morgan fingerprint density at radius 1 is 0.962 bits per heavy atom. The molecule has 0 N–H and O–H groups in total. The number of carbonyl (C=O) groups is 1.